The first-order chi connectivity index (χ1) is 9.72. The second-order valence-electron chi connectivity index (χ2n) is 5.76. The van der Waals surface area contributed by atoms with Crippen LogP contribution in [0.2, 0.25) is 0 Å². The predicted octanol–water partition coefficient (Wildman–Crippen LogP) is 1.98. The number of ether oxygens (including phenoxy) is 1. The number of likely N-dealkylation sites (tertiary alicyclic amines) is 1. The summed E-state index contributed by atoms with van der Waals surface area (Å²) < 4.78 is 6.22. The standard InChI is InChI=1S/C15H22N4O/c1-3-12-7-9-19(2)11-15(12)10-17-14(20-15)18-13-6-4-5-8-16-13/h4-6,8,12H,3,7,9-11H2,1-2H3,(H,16,17,18). The van der Waals surface area contributed by atoms with Gasteiger partial charge >= 0.3 is 0 Å². The average molecular weight is 274 g/mol. The number of piperidine rings is 1. The number of nitrogens with zero attached hydrogens (tertiary/aromatic N) is 3. The third-order valence-corrected chi connectivity index (χ3v) is 4.32. The van der Waals surface area contributed by atoms with Crippen molar-refractivity contribution in [1.29, 1.82) is 0 Å². The van der Waals surface area contributed by atoms with E-state index in [1.807, 2.05) is 18.2 Å². The number of likely N-dealkylation sites (N-methyl/N-ethyl adjacent to an activating group) is 1. The van der Waals surface area contributed by atoms with E-state index in [0.717, 1.165) is 31.9 Å². The van der Waals surface area contributed by atoms with Crippen LogP contribution in [0.4, 0.5) is 5.82 Å². The lowest BCUT2D eigenvalue weighted by atomic mass is 9.79. The first kappa shape index (κ1) is 13.4. The summed E-state index contributed by atoms with van der Waals surface area (Å²) in [6.07, 6.45) is 4.08. The summed E-state index contributed by atoms with van der Waals surface area (Å²) in [5, 5.41) is 3.17. The molecule has 1 N–H and O–H groups in total. The van der Waals surface area contributed by atoms with Crippen LogP contribution >= 0.6 is 0 Å². The highest BCUT2D eigenvalue weighted by Crippen LogP contribution is 2.36. The molecule has 0 bridgehead atoms. The summed E-state index contributed by atoms with van der Waals surface area (Å²) in [4.78, 5) is 11.1. The van der Waals surface area contributed by atoms with Crippen LogP contribution in [0.3, 0.4) is 0 Å². The summed E-state index contributed by atoms with van der Waals surface area (Å²) in [5.74, 6) is 1.35. The van der Waals surface area contributed by atoms with E-state index in [9.17, 15) is 0 Å². The van der Waals surface area contributed by atoms with E-state index < -0.39 is 0 Å². The molecule has 0 radical (unpaired) electrons. The molecule has 5 nitrogen and oxygen atoms in total. The molecule has 3 heterocycles. The number of aliphatic imine (C=N–C) groups is 1. The number of hydrogen-bond donors (Lipinski definition) is 1. The van der Waals surface area contributed by atoms with Gasteiger partial charge in [-0.3, -0.25) is 5.32 Å². The van der Waals surface area contributed by atoms with Crippen LogP contribution in [0.25, 0.3) is 0 Å². The van der Waals surface area contributed by atoms with Crippen molar-refractivity contribution in [3.05, 3.63) is 24.4 Å². The van der Waals surface area contributed by atoms with Crippen molar-refractivity contribution < 1.29 is 4.74 Å². The molecular weight excluding hydrogens is 252 g/mol. The minimum Gasteiger partial charge on any atom is -0.455 e. The number of rotatable bonds is 2. The van der Waals surface area contributed by atoms with Gasteiger partial charge in [-0.15, -0.1) is 0 Å². The lowest BCUT2D eigenvalue weighted by molar-refractivity contribution is -0.0389. The summed E-state index contributed by atoms with van der Waals surface area (Å²) in [5.41, 5.74) is -0.154. The molecule has 0 amide bonds. The van der Waals surface area contributed by atoms with E-state index in [2.05, 4.69) is 34.2 Å². The molecular formula is C15H22N4O. The lowest BCUT2D eigenvalue weighted by Crippen LogP contribution is -2.55. The second-order valence-corrected chi connectivity index (χ2v) is 5.76. The first-order valence-electron chi connectivity index (χ1n) is 7.32. The Kier molecular flexibility index (Phi) is 3.61. The fraction of sp³-hybridized carbons (Fsp3) is 0.600. The van der Waals surface area contributed by atoms with Gasteiger partial charge in [0.2, 0.25) is 0 Å². The Balaban J connectivity index is 1.70. The Morgan fingerprint density at radius 1 is 1.50 bits per heavy atom. The van der Waals surface area contributed by atoms with Crippen molar-refractivity contribution in [3.63, 3.8) is 0 Å². The number of pyridine rings is 1. The average Bonchev–Trinajstić information content (AvgIpc) is 2.83. The molecule has 1 aromatic heterocycles. The molecule has 108 valence electrons. The molecule has 1 aromatic rings. The van der Waals surface area contributed by atoms with Gasteiger partial charge in [-0.05, 0) is 38.6 Å². The maximum Gasteiger partial charge on any atom is 0.291 e. The topological polar surface area (TPSA) is 49.8 Å². The SMILES string of the molecule is CCC1CCN(C)CC12CN=C(Nc1ccccn1)O2. The minimum absolute atomic E-state index is 0.154. The van der Waals surface area contributed by atoms with Crippen LogP contribution in [0, 0.1) is 5.92 Å². The highest BCUT2D eigenvalue weighted by Gasteiger charge is 2.47. The zero-order chi connectivity index (χ0) is 14.0. The third-order valence-electron chi connectivity index (χ3n) is 4.32. The molecule has 0 aromatic carbocycles. The van der Waals surface area contributed by atoms with Crippen molar-refractivity contribution in [2.45, 2.75) is 25.4 Å². The Labute approximate surface area is 120 Å². The monoisotopic (exact) mass is 274 g/mol. The Hall–Kier alpha value is -1.62. The summed E-state index contributed by atoms with van der Waals surface area (Å²) in [6, 6.07) is 6.37. The van der Waals surface area contributed by atoms with Crippen molar-refractivity contribution >= 4 is 11.8 Å². The van der Waals surface area contributed by atoms with E-state index in [1.54, 1.807) is 6.20 Å². The van der Waals surface area contributed by atoms with Crippen LogP contribution in [-0.4, -0.2) is 48.2 Å². The van der Waals surface area contributed by atoms with Gasteiger partial charge in [-0.2, -0.15) is 0 Å². The largest absolute Gasteiger partial charge is 0.455 e. The highest BCUT2D eigenvalue weighted by atomic mass is 16.5. The van der Waals surface area contributed by atoms with E-state index in [-0.39, 0.29) is 5.60 Å². The van der Waals surface area contributed by atoms with Crippen LogP contribution < -0.4 is 5.32 Å². The molecule has 0 saturated carbocycles. The Morgan fingerprint density at radius 2 is 2.40 bits per heavy atom. The maximum absolute atomic E-state index is 6.22. The quantitative estimate of drug-likeness (QED) is 0.896. The van der Waals surface area contributed by atoms with Gasteiger partial charge in [0.25, 0.3) is 6.02 Å². The fourth-order valence-electron chi connectivity index (χ4n) is 3.25. The zero-order valence-corrected chi connectivity index (χ0v) is 12.2. The number of nitrogens with one attached hydrogen (secondary N) is 1. The zero-order valence-electron chi connectivity index (χ0n) is 12.2. The first-order valence-corrected chi connectivity index (χ1v) is 7.32. The Morgan fingerprint density at radius 3 is 3.15 bits per heavy atom. The molecule has 20 heavy (non-hydrogen) atoms. The summed E-state index contributed by atoms with van der Waals surface area (Å²) in [7, 11) is 2.15. The summed E-state index contributed by atoms with van der Waals surface area (Å²) in [6.45, 7) is 5.07. The van der Waals surface area contributed by atoms with Crippen molar-refractivity contribution in [1.82, 2.24) is 9.88 Å². The smallest absolute Gasteiger partial charge is 0.291 e. The molecule has 2 aliphatic heterocycles. The fourth-order valence-corrected chi connectivity index (χ4v) is 3.25. The van der Waals surface area contributed by atoms with Crippen LogP contribution in [-0.2, 0) is 4.74 Å². The molecule has 0 aliphatic carbocycles. The predicted molar refractivity (Wildman–Crippen MR) is 79.9 cm³/mol. The van der Waals surface area contributed by atoms with Crippen LogP contribution in [0.15, 0.2) is 29.4 Å². The lowest BCUT2D eigenvalue weighted by Gasteiger charge is -2.43. The van der Waals surface area contributed by atoms with Gasteiger partial charge in [0, 0.05) is 18.7 Å². The van der Waals surface area contributed by atoms with Gasteiger partial charge in [0.1, 0.15) is 11.4 Å². The molecule has 1 fully saturated rings. The van der Waals surface area contributed by atoms with E-state index in [1.165, 1.54) is 6.42 Å². The van der Waals surface area contributed by atoms with Gasteiger partial charge in [0.05, 0.1) is 6.54 Å². The maximum atomic E-state index is 6.22. The van der Waals surface area contributed by atoms with E-state index >= 15 is 0 Å². The minimum atomic E-state index is -0.154. The van der Waals surface area contributed by atoms with Crippen LogP contribution in [0.1, 0.15) is 19.8 Å². The van der Waals surface area contributed by atoms with Crippen molar-refractivity contribution in [2.24, 2.45) is 10.9 Å². The van der Waals surface area contributed by atoms with E-state index in [0.29, 0.717) is 11.9 Å². The number of aromatic nitrogens is 1. The van der Waals surface area contributed by atoms with Crippen molar-refractivity contribution in [2.75, 3.05) is 32.0 Å². The van der Waals surface area contributed by atoms with E-state index in [4.69, 9.17) is 4.74 Å². The summed E-state index contributed by atoms with van der Waals surface area (Å²) >= 11 is 0. The van der Waals surface area contributed by atoms with Crippen LogP contribution in [0.5, 0.6) is 0 Å². The highest BCUT2D eigenvalue weighted by molar-refractivity contribution is 5.89. The molecule has 5 heteroatoms. The Bertz CT molecular complexity index is 490. The molecule has 3 rings (SSSR count). The van der Waals surface area contributed by atoms with Gasteiger partial charge in [-0.1, -0.05) is 13.0 Å². The van der Waals surface area contributed by atoms with Gasteiger partial charge < -0.3 is 9.64 Å². The molecule has 2 aliphatic rings. The van der Waals surface area contributed by atoms with Gasteiger partial charge in [0.15, 0.2) is 0 Å². The number of amidine groups is 1. The molecule has 1 saturated heterocycles. The molecule has 1 spiro atoms. The van der Waals surface area contributed by atoms with Crippen molar-refractivity contribution in [3.8, 4) is 0 Å². The normalized spacial score (nSPS) is 30.1. The number of hydrogen-bond acceptors (Lipinski definition) is 5. The van der Waals surface area contributed by atoms with Gasteiger partial charge in [-0.25, -0.2) is 9.98 Å². The number of anilines is 1. The molecule has 2 unspecified atom stereocenters. The second kappa shape index (κ2) is 5.40. The third kappa shape index (κ3) is 2.50. The molecule has 2 atom stereocenters.